The predicted octanol–water partition coefficient (Wildman–Crippen LogP) is 4.07. The van der Waals surface area contributed by atoms with Crippen molar-refractivity contribution in [3.8, 4) is 11.5 Å². The lowest BCUT2D eigenvalue weighted by Crippen LogP contribution is -2.22. The second-order valence-electron chi connectivity index (χ2n) is 5.02. The lowest BCUT2D eigenvalue weighted by molar-refractivity contribution is 0.0950. The molecule has 2 rings (SSSR count). The molecule has 1 amide bonds. The Morgan fingerprint density at radius 2 is 1.87 bits per heavy atom. The van der Waals surface area contributed by atoms with Crippen LogP contribution in [0.1, 0.15) is 29.3 Å². The number of amides is 1. The summed E-state index contributed by atoms with van der Waals surface area (Å²) >= 11 is 5.84. The fraction of sp³-hybridized carbons (Fsp3) is 0.278. The SMILES string of the molecule is CCCOc1ccc(C(=O)NCc2ccc(Cl)cc2)cc1OC. The molecular weight excluding hydrogens is 314 g/mol. The van der Waals surface area contributed by atoms with E-state index in [1.807, 2.05) is 19.1 Å². The molecule has 0 saturated carbocycles. The van der Waals surface area contributed by atoms with E-state index in [0.717, 1.165) is 12.0 Å². The number of halogens is 1. The van der Waals surface area contributed by atoms with Crippen molar-refractivity contribution in [2.45, 2.75) is 19.9 Å². The van der Waals surface area contributed by atoms with E-state index < -0.39 is 0 Å². The molecule has 0 aromatic heterocycles. The molecular formula is C18H20ClNO3. The van der Waals surface area contributed by atoms with Gasteiger partial charge in [0.25, 0.3) is 5.91 Å². The van der Waals surface area contributed by atoms with Crippen LogP contribution in [0, 0.1) is 0 Å². The second kappa shape index (κ2) is 8.44. The monoisotopic (exact) mass is 333 g/mol. The van der Waals surface area contributed by atoms with Crippen molar-refractivity contribution < 1.29 is 14.3 Å². The summed E-state index contributed by atoms with van der Waals surface area (Å²) in [4.78, 5) is 12.2. The molecule has 4 nitrogen and oxygen atoms in total. The number of hydrogen-bond acceptors (Lipinski definition) is 3. The van der Waals surface area contributed by atoms with Crippen LogP contribution in [0.2, 0.25) is 5.02 Å². The van der Waals surface area contributed by atoms with Gasteiger partial charge in [0.15, 0.2) is 11.5 Å². The quantitative estimate of drug-likeness (QED) is 0.831. The van der Waals surface area contributed by atoms with Gasteiger partial charge in [-0.15, -0.1) is 0 Å². The first-order valence-corrected chi connectivity index (χ1v) is 7.85. The third kappa shape index (κ3) is 4.89. The maximum absolute atomic E-state index is 12.2. The molecule has 122 valence electrons. The Kier molecular flexibility index (Phi) is 6.29. The summed E-state index contributed by atoms with van der Waals surface area (Å²) in [5.74, 6) is 1.03. The summed E-state index contributed by atoms with van der Waals surface area (Å²) < 4.78 is 10.9. The van der Waals surface area contributed by atoms with Gasteiger partial charge in [0.2, 0.25) is 0 Å². The fourth-order valence-electron chi connectivity index (χ4n) is 2.03. The van der Waals surface area contributed by atoms with Crippen LogP contribution < -0.4 is 14.8 Å². The fourth-order valence-corrected chi connectivity index (χ4v) is 2.15. The highest BCUT2D eigenvalue weighted by Gasteiger charge is 2.11. The Morgan fingerprint density at radius 3 is 2.52 bits per heavy atom. The molecule has 5 heteroatoms. The van der Waals surface area contributed by atoms with Crippen molar-refractivity contribution in [2.24, 2.45) is 0 Å². The van der Waals surface area contributed by atoms with Gasteiger partial charge >= 0.3 is 0 Å². The molecule has 1 N–H and O–H groups in total. The largest absolute Gasteiger partial charge is 0.493 e. The van der Waals surface area contributed by atoms with Crippen LogP contribution in [-0.4, -0.2) is 19.6 Å². The van der Waals surface area contributed by atoms with E-state index in [4.69, 9.17) is 21.1 Å². The van der Waals surface area contributed by atoms with E-state index in [9.17, 15) is 4.79 Å². The topological polar surface area (TPSA) is 47.6 Å². The van der Waals surface area contributed by atoms with Crippen LogP contribution in [0.5, 0.6) is 11.5 Å². The molecule has 0 aliphatic rings. The summed E-state index contributed by atoms with van der Waals surface area (Å²) in [5, 5.41) is 3.54. The van der Waals surface area contributed by atoms with Crippen LogP contribution in [0.4, 0.5) is 0 Å². The average molecular weight is 334 g/mol. The maximum Gasteiger partial charge on any atom is 0.251 e. The Balaban J connectivity index is 2.02. The van der Waals surface area contributed by atoms with Gasteiger partial charge in [0, 0.05) is 17.1 Å². The number of nitrogens with one attached hydrogen (secondary N) is 1. The highest BCUT2D eigenvalue weighted by atomic mass is 35.5. The van der Waals surface area contributed by atoms with Gasteiger partial charge in [-0.25, -0.2) is 0 Å². The van der Waals surface area contributed by atoms with Crippen LogP contribution in [0.3, 0.4) is 0 Å². The van der Waals surface area contributed by atoms with E-state index in [0.29, 0.717) is 35.2 Å². The summed E-state index contributed by atoms with van der Waals surface area (Å²) in [6, 6.07) is 12.5. The zero-order chi connectivity index (χ0) is 16.7. The minimum Gasteiger partial charge on any atom is -0.493 e. The number of benzene rings is 2. The molecule has 2 aromatic rings. The third-order valence-corrected chi connectivity index (χ3v) is 3.51. The number of carbonyl (C=O) groups is 1. The molecule has 0 saturated heterocycles. The van der Waals surface area contributed by atoms with Crippen LogP contribution in [0.15, 0.2) is 42.5 Å². The molecule has 0 radical (unpaired) electrons. The number of carbonyl (C=O) groups excluding carboxylic acids is 1. The van der Waals surface area contributed by atoms with Crippen LogP contribution >= 0.6 is 11.6 Å². The number of methoxy groups -OCH3 is 1. The molecule has 0 fully saturated rings. The molecule has 23 heavy (non-hydrogen) atoms. The van der Waals surface area contributed by atoms with Gasteiger partial charge in [-0.05, 0) is 42.3 Å². The van der Waals surface area contributed by atoms with Crippen molar-refractivity contribution in [1.29, 1.82) is 0 Å². The molecule has 0 atom stereocenters. The summed E-state index contributed by atoms with van der Waals surface area (Å²) in [5.41, 5.74) is 1.51. The zero-order valence-corrected chi connectivity index (χ0v) is 14.0. The Labute approximate surface area is 141 Å². The normalized spacial score (nSPS) is 10.2. The van der Waals surface area contributed by atoms with Crippen LogP contribution in [0.25, 0.3) is 0 Å². The third-order valence-electron chi connectivity index (χ3n) is 3.25. The zero-order valence-electron chi connectivity index (χ0n) is 13.3. The van der Waals surface area contributed by atoms with Gasteiger partial charge in [-0.3, -0.25) is 4.79 Å². The van der Waals surface area contributed by atoms with Crippen molar-refractivity contribution in [3.05, 3.63) is 58.6 Å². The van der Waals surface area contributed by atoms with Crippen LogP contribution in [-0.2, 0) is 6.54 Å². The van der Waals surface area contributed by atoms with Crippen molar-refractivity contribution >= 4 is 17.5 Å². The lowest BCUT2D eigenvalue weighted by Gasteiger charge is -2.12. The average Bonchev–Trinajstić information content (AvgIpc) is 2.59. The molecule has 0 bridgehead atoms. The summed E-state index contributed by atoms with van der Waals surface area (Å²) in [6.07, 6.45) is 0.909. The van der Waals surface area contributed by atoms with Gasteiger partial charge in [0.05, 0.1) is 13.7 Å². The Hall–Kier alpha value is -2.20. The van der Waals surface area contributed by atoms with Gasteiger partial charge in [0.1, 0.15) is 0 Å². The smallest absolute Gasteiger partial charge is 0.251 e. The molecule has 0 unspecified atom stereocenters. The number of hydrogen-bond donors (Lipinski definition) is 1. The Morgan fingerprint density at radius 1 is 1.13 bits per heavy atom. The summed E-state index contributed by atoms with van der Waals surface area (Å²) in [7, 11) is 1.56. The minimum atomic E-state index is -0.166. The van der Waals surface area contributed by atoms with Crippen molar-refractivity contribution in [1.82, 2.24) is 5.32 Å². The van der Waals surface area contributed by atoms with Crippen molar-refractivity contribution in [2.75, 3.05) is 13.7 Å². The van der Waals surface area contributed by atoms with E-state index in [1.165, 1.54) is 0 Å². The maximum atomic E-state index is 12.2. The molecule has 0 aliphatic heterocycles. The van der Waals surface area contributed by atoms with Gasteiger partial charge < -0.3 is 14.8 Å². The number of ether oxygens (including phenoxy) is 2. The first-order valence-electron chi connectivity index (χ1n) is 7.47. The van der Waals surface area contributed by atoms with E-state index in [2.05, 4.69) is 5.32 Å². The predicted molar refractivity (Wildman–Crippen MR) is 91.4 cm³/mol. The standard InChI is InChI=1S/C18H20ClNO3/c1-3-10-23-16-9-6-14(11-17(16)22-2)18(21)20-12-13-4-7-15(19)8-5-13/h4-9,11H,3,10,12H2,1-2H3,(H,20,21). The first-order chi connectivity index (χ1) is 11.1. The van der Waals surface area contributed by atoms with Crippen molar-refractivity contribution in [3.63, 3.8) is 0 Å². The highest BCUT2D eigenvalue weighted by Crippen LogP contribution is 2.28. The van der Waals surface area contributed by atoms with Gasteiger partial charge in [-0.1, -0.05) is 30.7 Å². The number of rotatable bonds is 7. The highest BCUT2D eigenvalue weighted by molar-refractivity contribution is 6.30. The molecule has 0 spiro atoms. The summed E-state index contributed by atoms with van der Waals surface area (Å²) in [6.45, 7) is 3.08. The molecule has 2 aromatic carbocycles. The first kappa shape index (κ1) is 17.2. The molecule has 0 heterocycles. The lowest BCUT2D eigenvalue weighted by atomic mass is 10.1. The Bertz CT molecular complexity index is 656. The van der Waals surface area contributed by atoms with E-state index >= 15 is 0 Å². The minimum absolute atomic E-state index is 0.166. The van der Waals surface area contributed by atoms with E-state index in [-0.39, 0.29) is 5.91 Å². The molecule has 0 aliphatic carbocycles. The second-order valence-corrected chi connectivity index (χ2v) is 5.46. The van der Waals surface area contributed by atoms with Gasteiger partial charge in [-0.2, -0.15) is 0 Å². The van der Waals surface area contributed by atoms with E-state index in [1.54, 1.807) is 37.4 Å².